The lowest BCUT2D eigenvalue weighted by Crippen LogP contribution is -2.27. The zero-order chi connectivity index (χ0) is 18.2. The summed E-state index contributed by atoms with van der Waals surface area (Å²) in [4.78, 5) is 0. The lowest BCUT2D eigenvalue weighted by molar-refractivity contribution is 0.170. The fraction of sp³-hybridized carbons (Fsp3) is 0.760. The summed E-state index contributed by atoms with van der Waals surface area (Å²) in [5.41, 5.74) is 7.27. The predicted octanol–water partition coefficient (Wildman–Crippen LogP) is 7.87. The fourth-order valence-electron chi connectivity index (χ4n) is 6.09. The smallest absolute Gasteiger partial charge is 0.000988 e. The summed E-state index contributed by atoms with van der Waals surface area (Å²) in [5.74, 6) is 3.34. The molecule has 0 amide bonds. The lowest BCUT2D eigenvalue weighted by atomic mass is 9.70. The Balaban J connectivity index is 1.93. The SMILES string of the molecule is CC1=CC[C@@]2(C)CCC(C(C)C)C2CC=C(C)C2CCC(C)=C2CC1. The van der Waals surface area contributed by atoms with E-state index in [4.69, 9.17) is 0 Å². The van der Waals surface area contributed by atoms with Crippen molar-refractivity contribution in [2.24, 2.45) is 29.1 Å². The van der Waals surface area contributed by atoms with Gasteiger partial charge in [-0.15, -0.1) is 0 Å². The van der Waals surface area contributed by atoms with Crippen molar-refractivity contribution in [3.05, 3.63) is 34.4 Å². The molecule has 0 aromatic heterocycles. The number of hydrogen-bond acceptors (Lipinski definition) is 0. The van der Waals surface area contributed by atoms with E-state index in [2.05, 4.69) is 53.7 Å². The minimum atomic E-state index is 0.510. The summed E-state index contributed by atoms with van der Waals surface area (Å²) >= 11 is 0. The van der Waals surface area contributed by atoms with Crippen LogP contribution in [0.15, 0.2) is 34.4 Å². The fourth-order valence-corrected chi connectivity index (χ4v) is 6.09. The zero-order valence-electron chi connectivity index (χ0n) is 17.6. The van der Waals surface area contributed by atoms with Crippen LogP contribution < -0.4 is 0 Å². The Labute approximate surface area is 156 Å². The molecule has 25 heavy (non-hydrogen) atoms. The van der Waals surface area contributed by atoms with Gasteiger partial charge < -0.3 is 0 Å². The second kappa shape index (κ2) is 7.45. The molecule has 0 heterocycles. The molecule has 0 bridgehead atoms. The molecule has 4 atom stereocenters. The van der Waals surface area contributed by atoms with Crippen molar-refractivity contribution >= 4 is 0 Å². The van der Waals surface area contributed by atoms with Gasteiger partial charge in [0.2, 0.25) is 0 Å². The molecule has 1 saturated carbocycles. The summed E-state index contributed by atoms with van der Waals surface area (Å²) in [6, 6.07) is 0. The summed E-state index contributed by atoms with van der Waals surface area (Å²) in [6.07, 6.45) is 16.0. The van der Waals surface area contributed by atoms with Gasteiger partial charge in [0.15, 0.2) is 0 Å². The van der Waals surface area contributed by atoms with Gasteiger partial charge in [-0.25, -0.2) is 0 Å². The van der Waals surface area contributed by atoms with Crippen molar-refractivity contribution < 1.29 is 0 Å². The Kier molecular flexibility index (Phi) is 5.66. The van der Waals surface area contributed by atoms with Gasteiger partial charge in [-0.2, -0.15) is 0 Å². The van der Waals surface area contributed by atoms with Crippen LogP contribution in [0.3, 0.4) is 0 Å². The first-order chi connectivity index (χ1) is 11.8. The number of rotatable bonds is 1. The van der Waals surface area contributed by atoms with E-state index in [-0.39, 0.29) is 0 Å². The quantitative estimate of drug-likeness (QED) is 0.426. The maximum Gasteiger partial charge on any atom is 0.000988 e. The number of hydrogen-bond donors (Lipinski definition) is 0. The molecule has 0 aliphatic heterocycles. The maximum absolute atomic E-state index is 2.66. The average molecular weight is 341 g/mol. The van der Waals surface area contributed by atoms with Crippen LogP contribution in [0.4, 0.5) is 0 Å². The van der Waals surface area contributed by atoms with E-state index in [1.54, 1.807) is 22.3 Å². The van der Waals surface area contributed by atoms with E-state index in [0.717, 1.165) is 23.7 Å². The van der Waals surface area contributed by atoms with Gasteiger partial charge >= 0.3 is 0 Å². The number of fused-ring (bicyclic) bond motifs is 2. The second-order valence-electron chi connectivity index (χ2n) is 10.0. The Morgan fingerprint density at radius 2 is 1.76 bits per heavy atom. The third-order valence-corrected chi connectivity index (χ3v) is 8.04. The van der Waals surface area contributed by atoms with Crippen LogP contribution >= 0.6 is 0 Å². The van der Waals surface area contributed by atoms with Gasteiger partial charge in [0.25, 0.3) is 0 Å². The topological polar surface area (TPSA) is 0 Å². The summed E-state index contributed by atoms with van der Waals surface area (Å²) in [5, 5.41) is 0. The molecule has 0 aromatic carbocycles. The monoisotopic (exact) mass is 340 g/mol. The molecule has 0 spiro atoms. The largest absolute Gasteiger partial charge is 0.0850 e. The standard InChI is InChI=1S/C25H40/c1-17(2)21-14-16-25(6)15-13-18(3)7-10-22-19(4)8-11-23(22)20(5)9-12-24(21)25/h9,13,17,21,23-24H,7-8,10-12,14-16H2,1-6H3/t21?,23?,24?,25-/m0/s1. The third kappa shape index (κ3) is 3.83. The highest BCUT2D eigenvalue weighted by Crippen LogP contribution is 2.54. The van der Waals surface area contributed by atoms with Gasteiger partial charge in [0.1, 0.15) is 0 Å². The molecule has 0 heteroatoms. The Bertz CT molecular complexity index is 585. The molecule has 0 N–H and O–H groups in total. The van der Waals surface area contributed by atoms with Crippen LogP contribution in [0.2, 0.25) is 0 Å². The molecule has 3 aliphatic carbocycles. The summed E-state index contributed by atoms with van der Waals surface area (Å²) in [6.45, 7) is 14.7. The third-order valence-electron chi connectivity index (χ3n) is 8.04. The highest BCUT2D eigenvalue weighted by atomic mass is 14.5. The highest BCUT2D eigenvalue weighted by Gasteiger charge is 2.44. The molecule has 0 aromatic rings. The van der Waals surface area contributed by atoms with Crippen LogP contribution in [0.5, 0.6) is 0 Å². The highest BCUT2D eigenvalue weighted by molar-refractivity contribution is 5.30. The van der Waals surface area contributed by atoms with E-state index in [1.165, 1.54) is 51.4 Å². The minimum absolute atomic E-state index is 0.510. The van der Waals surface area contributed by atoms with Gasteiger partial charge in [-0.1, -0.05) is 55.2 Å². The van der Waals surface area contributed by atoms with E-state index < -0.39 is 0 Å². The summed E-state index contributed by atoms with van der Waals surface area (Å²) in [7, 11) is 0. The predicted molar refractivity (Wildman–Crippen MR) is 111 cm³/mol. The van der Waals surface area contributed by atoms with Crippen LogP contribution in [-0.2, 0) is 0 Å². The molecular weight excluding hydrogens is 300 g/mol. The maximum atomic E-state index is 2.66. The molecule has 0 saturated heterocycles. The first-order valence-electron chi connectivity index (χ1n) is 10.8. The van der Waals surface area contributed by atoms with E-state index in [1.807, 2.05) is 0 Å². The lowest BCUT2D eigenvalue weighted by Gasteiger charge is -2.35. The van der Waals surface area contributed by atoms with Gasteiger partial charge in [0, 0.05) is 5.92 Å². The molecule has 3 aliphatic rings. The Morgan fingerprint density at radius 1 is 1.00 bits per heavy atom. The van der Waals surface area contributed by atoms with Gasteiger partial charge in [-0.05, 0) is 95.3 Å². The average Bonchev–Trinajstić information content (AvgIpc) is 3.09. The van der Waals surface area contributed by atoms with Crippen molar-refractivity contribution in [2.45, 2.75) is 92.9 Å². The van der Waals surface area contributed by atoms with Crippen molar-refractivity contribution in [3.63, 3.8) is 0 Å². The Morgan fingerprint density at radius 3 is 2.48 bits per heavy atom. The number of allylic oxidation sites excluding steroid dienone is 6. The molecule has 3 unspecified atom stereocenters. The minimum Gasteiger partial charge on any atom is -0.0850 e. The Hall–Kier alpha value is -0.780. The molecular formula is C25H40. The van der Waals surface area contributed by atoms with Crippen molar-refractivity contribution in [1.82, 2.24) is 0 Å². The van der Waals surface area contributed by atoms with Crippen LogP contribution in [0, 0.1) is 29.1 Å². The van der Waals surface area contributed by atoms with Crippen LogP contribution in [0.1, 0.15) is 92.9 Å². The van der Waals surface area contributed by atoms with Crippen LogP contribution in [0.25, 0.3) is 0 Å². The molecule has 1 fully saturated rings. The molecule has 3 rings (SSSR count). The van der Waals surface area contributed by atoms with E-state index in [9.17, 15) is 0 Å². The molecule has 0 nitrogen and oxygen atoms in total. The van der Waals surface area contributed by atoms with E-state index >= 15 is 0 Å². The van der Waals surface area contributed by atoms with Crippen molar-refractivity contribution in [1.29, 1.82) is 0 Å². The molecule has 140 valence electrons. The van der Waals surface area contributed by atoms with Crippen molar-refractivity contribution in [2.75, 3.05) is 0 Å². The first kappa shape index (κ1) is 19.0. The molecule has 0 radical (unpaired) electrons. The van der Waals surface area contributed by atoms with Crippen molar-refractivity contribution in [3.8, 4) is 0 Å². The van der Waals surface area contributed by atoms with Crippen LogP contribution in [-0.4, -0.2) is 0 Å². The first-order valence-corrected chi connectivity index (χ1v) is 10.8. The zero-order valence-corrected chi connectivity index (χ0v) is 17.6. The summed E-state index contributed by atoms with van der Waals surface area (Å²) < 4.78 is 0. The normalized spacial score (nSPS) is 37.2. The van der Waals surface area contributed by atoms with Gasteiger partial charge in [-0.3, -0.25) is 0 Å². The van der Waals surface area contributed by atoms with E-state index in [0.29, 0.717) is 5.41 Å². The van der Waals surface area contributed by atoms with Gasteiger partial charge in [0.05, 0.1) is 0 Å². The second-order valence-corrected chi connectivity index (χ2v) is 10.0.